The van der Waals surface area contributed by atoms with Gasteiger partial charge in [0, 0.05) is 47.7 Å². The Balaban J connectivity index is 1.72. The summed E-state index contributed by atoms with van der Waals surface area (Å²) >= 11 is 0. The Morgan fingerprint density at radius 1 is 1.23 bits per heavy atom. The number of halogens is 1. The second-order valence-corrected chi connectivity index (χ2v) is 7.25. The average molecular weight is 352 g/mol. The average Bonchev–Trinajstić information content (AvgIpc) is 3.32. The molecule has 0 radical (unpaired) electrons. The molecule has 0 spiro atoms. The fourth-order valence-electron chi connectivity index (χ4n) is 4.29. The molecule has 2 aromatic carbocycles. The molecule has 1 aliphatic heterocycles. The quantitative estimate of drug-likeness (QED) is 0.698. The van der Waals surface area contributed by atoms with E-state index in [9.17, 15) is 4.39 Å². The van der Waals surface area contributed by atoms with Crippen molar-refractivity contribution >= 4 is 10.9 Å². The van der Waals surface area contributed by atoms with E-state index in [-0.39, 0.29) is 18.6 Å². The Labute approximate surface area is 153 Å². The molecule has 1 fully saturated rings. The first kappa shape index (κ1) is 17.1. The number of aromatic amines is 1. The molecule has 0 bridgehead atoms. The molecule has 1 N–H and O–H groups in total. The lowest BCUT2D eigenvalue weighted by atomic mass is 10.00. The zero-order valence-corrected chi connectivity index (χ0v) is 15.3. The van der Waals surface area contributed by atoms with E-state index in [1.165, 1.54) is 22.1 Å². The molecule has 2 heterocycles. The van der Waals surface area contributed by atoms with Gasteiger partial charge in [-0.2, -0.15) is 0 Å². The Morgan fingerprint density at radius 3 is 2.77 bits per heavy atom. The number of ether oxygens (including phenoxy) is 1. The molecule has 0 saturated carbocycles. The Kier molecular flexibility index (Phi) is 4.68. The number of methoxy groups -OCH3 is 1. The van der Waals surface area contributed by atoms with Crippen LogP contribution in [-0.4, -0.2) is 30.2 Å². The van der Waals surface area contributed by atoms with Crippen molar-refractivity contribution in [1.29, 1.82) is 0 Å². The number of aromatic nitrogens is 1. The summed E-state index contributed by atoms with van der Waals surface area (Å²) in [5, 5.41) is 1.19. The molecule has 3 aromatic rings. The third kappa shape index (κ3) is 2.99. The molecule has 4 heteroatoms. The van der Waals surface area contributed by atoms with Gasteiger partial charge in [-0.15, -0.1) is 0 Å². The van der Waals surface area contributed by atoms with E-state index in [1.807, 2.05) is 12.3 Å². The van der Waals surface area contributed by atoms with Crippen molar-refractivity contribution in [2.24, 2.45) is 5.92 Å². The molecular weight excluding hydrogens is 327 g/mol. The van der Waals surface area contributed by atoms with Gasteiger partial charge in [-0.25, -0.2) is 0 Å². The van der Waals surface area contributed by atoms with E-state index in [0.29, 0.717) is 0 Å². The molecule has 0 aliphatic carbocycles. The molecule has 1 saturated heterocycles. The van der Waals surface area contributed by atoms with Crippen LogP contribution in [-0.2, 0) is 6.54 Å². The van der Waals surface area contributed by atoms with Gasteiger partial charge in [-0.3, -0.25) is 9.29 Å². The number of fused-ring (bicyclic) bond motifs is 1. The van der Waals surface area contributed by atoms with Crippen LogP contribution < -0.4 is 4.74 Å². The van der Waals surface area contributed by atoms with Gasteiger partial charge in [0.15, 0.2) is 0 Å². The number of nitrogens with one attached hydrogen (secondary N) is 1. The van der Waals surface area contributed by atoms with Crippen LogP contribution >= 0.6 is 0 Å². The number of benzene rings is 2. The predicted molar refractivity (Wildman–Crippen MR) is 103 cm³/mol. The smallest absolute Gasteiger partial charge is 0.124 e. The zero-order chi connectivity index (χ0) is 18.1. The summed E-state index contributed by atoms with van der Waals surface area (Å²) in [4.78, 5) is 5.74. The molecule has 1 aromatic heterocycles. The van der Waals surface area contributed by atoms with Crippen molar-refractivity contribution in [2.75, 3.05) is 20.3 Å². The van der Waals surface area contributed by atoms with Gasteiger partial charge in [0.2, 0.25) is 0 Å². The second-order valence-electron chi connectivity index (χ2n) is 7.25. The number of hydrogen-bond acceptors (Lipinski definition) is 2. The third-order valence-electron chi connectivity index (χ3n) is 5.59. The first-order valence-electron chi connectivity index (χ1n) is 9.19. The number of hydrogen-bond donors (Lipinski definition) is 1. The molecule has 26 heavy (non-hydrogen) atoms. The van der Waals surface area contributed by atoms with Gasteiger partial charge in [0.1, 0.15) is 5.75 Å². The highest BCUT2D eigenvalue weighted by molar-refractivity contribution is 5.88. The van der Waals surface area contributed by atoms with Gasteiger partial charge < -0.3 is 9.72 Å². The minimum Gasteiger partial charge on any atom is -0.496 e. The lowest BCUT2D eigenvalue weighted by Crippen LogP contribution is -2.24. The van der Waals surface area contributed by atoms with Crippen LogP contribution in [0.1, 0.15) is 29.2 Å². The maximum absolute atomic E-state index is 13.4. The van der Waals surface area contributed by atoms with E-state index in [1.54, 1.807) is 7.11 Å². The third-order valence-corrected chi connectivity index (χ3v) is 5.59. The van der Waals surface area contributed by atoms with Crippen LogP contribution in [0.25, 0.3) is 10.9 Å². The fraction of sp³-hybridized carbons (Fsp3) is 0.364. The number of H-pyrrole nitrogens is 1. The highest BCUT2D eigenvalue weighted by Gasteiger charge is 2.33. The Hall–Kier alpha value is -2.33. The van der Waals surface area contributed by atoms with E-state index in [0.717, 1.165) is 30.8 Å². The standard InChI is InChI=1S/C22H25FN2O/c1-15-10-21(26-2)19(18-8-9-24-22(15)18)14-25-13-16(12-23)11-20(25)17-6-4-3-5-7-17/h3-10,16,20,24H,11-14H2,1-2H3. The van der Waals surface area contributed by atoms with Crippen molar-refractivity contribution in [1.82, 2.24) is 9.88 Å². The maximum Gasteiger partial charge on any atom is 0.124 e. The normalized spacial score (nSPS) is 20.7. The Bertz CT molecular complexity index is 890. The molecule has 136 valence electrons. The minimum atomic E-state index is -0.259. The van der Waals surface area contributed by atoms with Crippen molar-refractivity contribution < 1.29 is 9.13 Å². The van der Waals surface area contributed by atoms with Crippen molar-refractivity contribution in [3.05, 3.63) is 65.4 Å². The van der Waals surface area contributed by atoms with Crippen LogP contribution in [0.2, 0.25) is 0 Å². The van der Waals surface area contributed by atoms with Crippen molar-refractivity contribution in [3.63, 3.8) is 0 Å². The van der Waals surface area contributed by atoms with Gasteiger partial charge in [0.05, 0.1) is 13.8 Å². The van der Waals surface area contributed by atoms with Gasteiger partial charge in [0.25, 0.3) is 0 Å². The molecule has 1 aliphatic rings. The largest absolute Gasteiger partial charge is 0.496 e. The Morgan fingerprint density at radius 2 is 2.04 bits per heavy atom. The molecule has 2 unspecified atom stereocenters. The van der Waals surface area contributed by atoms with Gasteiger partial charge in [-0.05, 0) is 36.6 Å². The second kappa shape index (κ2) is 7.12. The highest BCUT2D eigenvalue weighted by atomic mass is 19.1. The van der Waals surface area contributed by atoms with E-state index < -0.39 is 0 Å². The molecular formula is C22H25FN2O. The predicted octanol–water partition coefficient (Wildman–Crippen LogP) is 5.02. The summed E-state index contributed by atoms with van der Waals surface area (Å²) in [7, 11) is 1.72. The van der Waals surface area contributed by atoms with E-state index in [4.69, 9.17) is 4.74 Å². The SMILES string of the molecule is COc1cc(C)c2[nH]ccc2c1CN1CC(CF)CC1c1ccccc1. The number of nitrogens with zero attached hydrogens (tertiary/aromatic N) is 1. The molecule has 3 nitrogen and oxygen atoms in total. The first-order chi connectivity index (χ1) is 12.7. The fourth-order valence-corrected chi connectivity index (χ4v) is 4.29. The summed E-state index contributed by atoms with van der Waals surface area (Å²) in [6.45, 7) is 3.37. The molecule has 2 atom stereocenters. The van der Waals surface area contributed by atoms with Crippen LogP contribution in [0, 0.1) is 12.8 Å². The van der Waals surface area contributed by atoms with Crippen LogP contribution in [0.4, 0.5) is 4.39 Å². The summed E-state index contributed by atoms with van der Waals surface area (Å²) in [6.07, 6.45) is 2.84. The molecule has 0 amide bonds. The van der Waals surface area contributed by atoms with E-state index >= 15 is 0 Å². The van der Waals surface area contributed by atoms with Crippen LogP contribution in [0.5, 0.6) is 5.75 Å². The zero-order valence-electron chi connectivity index (χ0n) is 15.3. The van der Waals surface area contributed by atoms with Crippen LogP contribution in [0.15, 0.2) is 48.7 Å². The summed E-state index contributed by atoms with van der Waals surface area (Å²) in [6, 6.07) is 14.9. The summed E-state index contributed by atoms with van der Waals surface area (Å²) in [5.74, 6) is 1.00. The summed E-state index contributed by atoms with van der Waals surface area (Å²) < 4.78 is 19.1. The lowest BCUT2D eigenvalue weighted by molar-refractivity contribution is 0.238. The number of alkyl halides is 1. The lowest BCUT2D eigenvalue weighted by Gasteiger charge is -2.26. The van der Waals surface area contributed by atoms with Crippen LogP contribution in [0.3, 0.4) is 0 Å². The van der Waals surface area contributed by atoms with E-state index in [2.05, 4.69) is 53.2 Å². The van der Waals surface area contributed by atoms with Crippen molar-refractivity contribution in [3.8, 4) is 5.75 Å². The molecule has 4 rings (SSSR count). The number of rotatable bonds is 5. The van der Waals surface area contributed by atoms with Crippen molar-refractivity contribution in [2.45, 2.75) is 25.9 Å². The minimum absolute atomic E-state index is 0.0957. The highest BCUT2D eigenvalue weighted by Crippen LogP contribution is 2.39. The first-order valence-corrected chi connectivity index (χ1v) is 9.19. The summed E-state index contributed by atoms with van der Waals surface area (Å²) in [5.41, 5.74) is 4.76. The number of aryl methyl sites for hydroxylation is 1. The topological polar surface area (TPSA) is 28.3 Å². The maximum atomic E-state index is 13.4. The van der Waals surface area contributed by atoms with Gasteiger partial charge >= 0.3 is 0 Å². The monoisotopic (exact) mass is 352 g/mol. The number of likely N-dealkylation sites (tertiary alicyclic amines) is 1. The van der Waals surface area contributed by atoms with Gasteiger partial charge in [-0.1, -0.05) is 30.3 Å².